The van der Waals surface area contributed by atoms with Gasteiger partial charge in [-0.3, -0.25) is 24.3 Å². The third kappa shape index (κ3) is 3.85. The second kappa shape index (κ2) is 8.77. The van der Waals surface area contributed by atoms with Crippen molar-refractivity contribution in [2.75, 3.05) is 36.8 Å². The first-order chi connectivity index (χ1) is 17.1. The van der Waals surface area contributed by atoms with Gasteiger partial charge in [0.1, 0.15) is 5.82 Å². The number of nitrogens with two attached hydrogens (primary N) is 1. The highest BCUT2D eigenvalue weighted by Crippen LogP contribution is 2.35. The van der Waals surface area contributed by atoms with Gasteiger partial charge in [0.2, 0.25) is 10.0 Å². The Balaban J connectivity index is 1.50. The van der Waals surface area contributed by atoms with Gasteiger partial charge in [-0.05, 0) is 31.2 Å². The maximum atomic E-state index is 13.1. The summed E-state index contributed by atoms with van der Waals surface area (Å²) in [6.45, 7) is 2.90. The summed E-state index contributed by atoms with van der Waals surface area (Å²) >= 11 is 6.56. The molecule has 0 radical (unpaired) electrons. The highest BCUT2D eigenvalue weighted by Gasteiger charge is 2.34. The van der Waals surface area contributed by atoms with Crippen LogP contribution in [0.3, 0.4) is 0 Å². The number of aromatic nitrogens is 1. The molecule has 2 aliphatic heterocycles. The van der Waals surface area contributed by atoms with Crippen LogP contribution in [-0.2, 0) is 10.0 Å². The van der Waals surface area contributed by atoms with Crippen LogP contribution in [0.2, 0.25) is 5.02 Å². The Morgan fingerprint density at radius 3 is 2.28 bits per heavy atom. The molecule has 1 fully saturated rings. The van der Waals surface area contributed by atoms with Crippen molar-refractivity contribution >= 4 is 44.9 Å². The Kier molecular flexibility index (Phi) is 5.86. The Bertz CT molecular complexity index is 1580. The van der Waals surface area contributed by atoms with E-state index in [1.54, 1.807) is 42.5 Å². The lowest BCUT2D eigenvalue weighted by molar-refractivity contribution is 0.0880. The zero-order valence-electron chi connectivity index (χ0n) is 19.2. The molecule has 0 spiro atoms. The minimum atomic E-state index is -3.67. The fraction of sp³-hybridized carbons (Fsp3) is 0.208. The van der Waals surface area contributed by atoms with Crippen LogP contribution in [0.4, 0.5) is 11.5 Å². The Morgan fingerprint density at radius 2 is 1.61 bits per heavy atom. The molecule has 12 heteroatoms. The molecular formula is C24H22ClN5O5S. The van der Waals surface area contributed by atoms with Crippen molar-refractivity contribution in [2.45, 2.75) is 11.8 Å². The molecule has 186 valence electrons. The highest BCUT2D eigenvalue weighted by atomic mass is 35.5. The van der Waals surface area contributed by atoms with Crippen molar-refractivity contribution < 1.29 is 18.0 Å². The summed E-state index contributed by atoms with van der Waals surface area (Å²) < 4.78 is 28.8. The number of halogens is 1. The molecule has 1 saturated heterocycles. The quantitative estimate of drug-likeness (QED) is 0.494. The van der Waals surface area contributed by atoms with E-state index in [4.69, 9.17) is 17.3 Å². The average Bonchev–Trinajstić information content (AvgIpc) is 3.12. The predicted octanol–water partition coefficient (Wildman–Crippen LogP) is 1.78. The number of carbonyl (C=O) groups excluding carboxylic acids is 2. The van der Waals surface area contributed by atoms with Gasteiger partial charge in [0.05, 0.1) is 32.4 Å². The van der Waals surface area contributed by atoms with Gasteiger partial charge in [-0.2, -0.15) is 4.31 Å². The lowest BCUT2D eigenvalue weighted by Crippen LogP contribution is -2.49. The predicted molar refractivity (Wildman–Crippen MR) is 135 cm³/mol. The van der Waals surface area contributed by atoms with Crippen LogP contribution >= 0.6 is 11.6 Å². The number of benzene rings is 2. The number of aryl methyl sites for hydroxylation is 1. The number of para-hydroxylation sites is 1. The zero-order valence-corrected chi connectivity index (χ0v) is 20.8. The average molecular weight is 528 g/mol. The number of amides is 2. The first-order valence-electron chi connectivity index (χ1n) is 11.1. The second-order valence-corrected chi connectivity index (χ2v) is 10.9. The van der Waals surface area contributed by atoms with Gasteiger partial charge < -0.3 is 10.6 Å². The molecule has 2 amide bonds. The third-order valence-electron chi connectivity index (χ3n) is 6.37. The molecule has 5 rings (SSSR count). The van der Waals surface area contributed by atoms with E-state index < -0.39 is 27.4 Å². The minimum Gasteiger partial charge on any atom is -0.384 e. The lowest BCUT2D eigenvalue weighted by Gasteiger charge is -2.37. The van der Waals surface area contributed by atoms with E-state index in [-0.39, 0.29) is 34.9 Å². The molecule has 1 aromatic heterocycles. The molecule has 0 saturated carbocycles. The molecular weight excluding hydrogens is 506 g/mol. The summed E-state index contributed by atoms with van der Waals surface area (Å²) in [4.78, 5) is 39.4. The maximum Gasteiger partial charge on any atom is 0.262 e. The smallest absolute Gasteiger partial charge is 0.262 e. The molecule has 3 aromatic rings. The number of imide groups is 1. The number of rotatable bonds is 4. The van der Waals surface area contributed by atoms with E-state index in [9.17, 15) is 22.8 Å². The third-order valence-corrected chi connectivity index (χ3v) is 8.59. The highest BCUT2D eigenvalue weighted by molar-refractivity contribution is 7.89. The van der Waals surface area contributed by atoms with Gasteiger partial charge in [-0.1, -0.05) is 35.4 Å². The number of fused-ring (bicyclic) bond motifs is 1. The molecule has 2 aromatic carbocycles. The van der Waals surface area contributed by atoms with Crippen LogP contribution in [0.5, 0.6) is 0 Å². The van der Waals surface area contributed by atoms with Crippen molar-refractivity contribution in [1.82, 2.24) is 14.2 Å². The molecule has 3 N–H and O–H groups in total. The van der Waals surface area contributed by atoms with Gasteiger partial charge in [-0.15, -0.1) is 0 Å². The molecule has 2 aliphatic rings. The molecule has 0 unspecified atom stereocenters. The van der Waals surface area contributed by atoms with E-state index >= 15 is 0 Å². The minimum absolute atomic E-state index is 0.0699. The summed E-state index contributed by atoms with van der Waals surface area (Å²) in [5.41, 5.74) is 7.26. The van der Waals surface area contributed by atoms with Gasteiger partial charge >= 0.3 is 0 Å². The molecule has 36 heavy (non-hydrogen) atoms. The summed E-state index contributed by atoms with van der Waals surface area (Å²) in [6.07, 6.45) is 0. The number of carbonyl (C=O) groups is 2. The van der Waals surface area contributed by atoms with E-state index in [0.29, 0.717) is 29.5 Å². The van der Waals surface area contributed by atoms with E-state index in [0.717, 1.165) is 16.2 Å². The number of nitrogens with one attached hydrogen (secondary N) is 1. The molecule has 3 heterocycles. The number of piperazine rings is 1. The molecule has 0 aliphatic carbocycles. The first kappa shape index (κ1) is 24.0. The van der Waals surface area contributed by atoms with Gasteiger partial charge in [0.15, 0.2) is 0 Å². The van der Waals surface area contributed by atoms with Crippen molar-refractivity contribution in [3.8, 4) is 5.69 Å². The van der Waals surface area contributed by atoms with Crippen LogP contribution < -0.4 is 21.5 Å². The van der Waals surface area contributed by atoms with Gasteiger partial charge in [-0.25, -0.2) is 8.42 Å². The van der Waals surface area contributed by atoms with Crippen LogP contribution in [0.1, 0.15) is 26.3 Å². The van der Waals surface area contributed by atoms with Crippen LogP contribution in [0.25, 0.3) is 5.69 Å². The SMILES string of the molecule is Cc1ccc(S(=O)(=O)N2CCN(c3c(Cl)cccc3-n3c(N)c4c(cc3=O)C(=O)NC4=O)CC2)cc1. The molecule has 0 atom stereocenters. The molecule has 0 bridgehead atoms. The zero-order chi connectivity index (χ0) is 25.8. The van der Waals surface area contributed by atoms with Crippen molar-refractivity contribution in [3.05, 3.63) is 80.6 Å². The van der Waals surface area contributed by atoms with Crippen LogP contribution in [0, 0.1) is 6.92 Å². The largest absolute Gasteiger partial charge is 0.384 e. The fourth-order valence-corrected chi connectivity index (χ4v) is 6.25. The fourth-order valence-electron chi connectivity index (χ4n) is 4.54. The molecule has 10 nitrogen and oxygen atoms in total. The summed E-state index contributed by atoms with van der Waals surface area (Å²) in [6, 6.07) is 12.7. The number of pyridine rings is 1. The number of anilines is 2. The Morgan fingerprint density at radius 1 is 0.944 bits per heavy atom. The number of nitrogen functional groups attached to an aromatic ring is 1. The van der Waals surface area contributed by atoms with Crippen LogP contribution in [-0.4, -0.2) is 55.3 Å². The first-order valence-corrected chi connectivity index (χ1v) is 12.9. The Labute approximate surface area is 211 Å². The van der Waals surface area contributed by atoms with E-state index in [1.807, 2.05) is 11.8 Å². The topological polar surface area (TPSA) is 135 Å². The number of hydrogen-bond acceptors (Lipinski definition) is 7. The lowest BCUT2D eigenvalue weighted by atomic mass is 10.1. The van der Waals surface area contributed by atoms with Gasteiger partial charge in [0, 0.05) is 32.2 Å². The Hall–Kier alpha value is -3.67. The van der Waals surface area contributed by atoms with E-state index in [1.165, 1.54) is 4.31 Å². The standard InChI is InChI=1S/C24H22ClN5O5S/c1-14-5-7-15(8-6-14)36(34,35)29-11-9-28(10-12-29)21-17(25)3-2-4-18(21)30-19(31)13-16-20(22(30)26)24(33)27-23(16)32/h2-8,13H,9-12,26H2,1H3,(H,27,32,33). The monoisotopic (exact) mass is 527 g/mol. The van der Waals surface area contributed by atoms with Crippen molar-refractivity contribution in [1.29, 1.82) is 0 Å². The van der Waals surface area contributed by atoms with Crippen molar-refractivity contribution in [2.24, 2.45) is 0 Å². The number of sulfonamides is 1. The van der Waals surface area contributed by atoms with Gasteiger partial charge in [0.25, 0.3) is 17.4 Å². The van der Waals surface area contributed by atoms with Crippen LogP contribution in [0.15, 0.2) is 58.2 Å². The summed E-state index contributed by atoms with van der Waals surface area (Å²) in [5.74, 6) is -1.53. The second-order valence-electron chi connectivity index (χ2n) is 8.59. The summed E-state index contributed by atoms with van der Waals surface area (Å²) in [5, 5.41) is 2.47. The maximum absolute atomic E-state index is 13.1. The van der Waals surface area contributed by atoms with Crippen molar-refractivity contribution in [3.63, 3.8) is 0 Å². The van der Waals surface area contributed by atoms with E-state index in [2.05, 4.69) is 5.32 Å². The number of hydrogen-bond donors (Lipinski definition) is 2. The summed E-state index contributed by atoms with van der Waals surface area (Å²) in [7, 11) is -3.67. The normalized spacial score (nSPS) is 16.2. The number of nitrogens with zero attached hydrogens (tertiary/aromatic N) is 3.